The number of hydrazone groups is 1. The minimum absolute atomic E-state index is 0.190. The predicted octanol–water partition coefficient (Wildman–Crippen LogP) is 4.85. The maximum Gasteiger partial charge on any atom is 0.303 e. The van der Waals surface area contributed by atoms with Crippen molar-refractivity contribution in [2.45, 2.75) is 32.2 Å². The van der Waals surface area contributed by atoms with Crippen LogP contribution in [0.5, 0.6) is 17.2 Å². The first kappa shape index (κ1) is 25.2. The molecular formula is C26H26ClN3O6. The molecule has 0 saturated carbocycles. The van der Waals surface area contributed by atoms with Crippen molar-refractivity contribution in [3.63, 3.8) is 0 Å². The first-order chi connectivity index (χ1) is 17.3. The molecule has 188 valence electrons. The SMILES string of the molecule is CCOc1ccc2cc(C3CC(c4ccc(OC)c(OC)c4)=NN3C(=O)CCC(=O)O)c(Cl)nc2c1. The van der Waals surface area contributed by atoms with Crippen molar-refractivity contribution in [3.8, 4) is 17.2 Å². The van der Waals surface area contributed by atoms with E-state index in [0.29, 0.717) is 47.1 Å². The number of aromatic nitrogens is 1. The molecule has 1 aromatic heterocycles. The van der Waals surface area contributed by atoms with Crippen LogP contribution in [0.1, 0.15) is 43.4 Å². The smallest absolute Gasteiger partial charge is 0.303 e. The number of carboxylic acid groups (broad SMARTS) is 1. The number of hydrogen-bond donors (Lipinski definition) is 1. The number of nitrogens with zero attached hydrogens (tertiary/aromatic N) is 3. The quantitative estimate of drug-likeness (QED) is 0.409. The number of fused-ring (bicyclic) bond motifs is 1. The zero-order valence-corrected chi connectivity index (χ0v) is 20.9. The van der Waals surface area contributed by atoms with Crippen molar-refractivity contribution in [1.29, 1.82) is 0 Å². The lowest BCUT2D eigenvalue weighted by atomic mass is 9.98. The summed E-state index contributed by atoms with van der Waals surface area (Å²) in [5.41, 5.74) is 2.67. The number of aliphatic carboxylic acids is 1. The van der Waals surface area contributed by atoms with Crippen LogP contribution in [-0.2, 0) is 9.59 Å². The van der Waals surface area contributed by atoms with Gasteiger partial charge in [0, 0.05) is 35.4 Å². The Morgan fingerprint density at radius 3 is 2.56 bits per heavy atom. The highest BCUT2D eigenvalue weighted by molar-refractivity contribution is 6.30. The van der Waals surface area contributed by atoms with Gasteiger partial charge in [-0.3, -0.25) is 9.59 Å². The molecule has 9 nitrogen and oxygen atoms in total. The molecule has 36 heavy (non-hydrogen) atoms. The summed E-state index contributed by atoms with van der Waals surface area (Å²) in [6, 6.07) is 12.3. The van der Waals surface area contributed by atoms with E-state index in [-0.39, 0.29) is 18.0 Å². The number of carboxylic acids is 1. The number of carbonyl (C=O) groups excluding carboxylic acids is 1. The largest absolute Gasteiger partial charge is 0.494 e. The summed E-state index contributed by atoms with van der Waals surface area (Å²) in [6.07, 6.45) is -0.129. The van der Waals surface area contributed by atoms with Crippen LogP contribution in [0.3, 0.4) is 0 Å². The molecule has 0 spiro atoms. The molecule has 0 fully saturated rings. The number of carbonyl (C=O) groups is 2. The number of pyridine rings is 1. The Labute approximate surface area is 213 Å². The highest BCUT2D eigenvalue weighted by Gasteiger charge is 2.35. The molecule has 0 bridgehead atoms. The Hall–Kier alpha value is -3.85. The topological polar surface area (TPSA) is 111 Å². The molecule has 1 atom stereocenters. The van der Waals surface area contributed by atoms with Gasteiger partial charge < -0.3 is 19.3 Å². The van der Waals surface area contributed by atoms with Gasteiger partial charge in [-0.1, -0.05) is 11.6 Å². The van der Waals surface area contributed by atoms with Gasteiger partial charge in [0.05, 0.1) is 44.5 Å². The number of ether oxygens (including phenoxy) is 3. The summed E-state index contributed by atoms with van der Waals surface area (Å²) in [6.45, 7) is 2.43. The minimum Gasteiger partial charge on any atom is -0.494 e. The highest BCUT2D eigenvalue weighted by atomic mass is 35.5. The maximum atomic E-state index is 13.1. The summed E-state index contributed by atoms with van der Waals surface area (Å²) in [5, 5.41) is 16.0. The fourth-order valence-electron chi connectivity index (χ4n) is 4.13. The molecule has 3 aromatic rings. The van der Waals surface area contributed by atoms with Crippen LogP contribution in [0.4, 0.5) is 0 Å². The molecule has 1 aliphatic heterocycles. The van der Waals surface area contributed by atoms with E-state index in [0.717, 1.165) is 10.9 Å². The standard InChI is InChI=1S/C26H26ClN3O6/c1-4-36-17-7-5-15-11-18(26(27)28-19(15)13-17)21-14-20(29-30(21)24(31)9-10-25(32)33)16-6-8-22(34-2)23(12-16)35-3/h5-8,11-13,21H,4,9-10,14H2,1-3H3,(H,32,33). The summed E-state index contributed by atoms with van der Waals surface area (Å²) in [7, 11) is 3.09. The fourth-order valence-corrected chi connectivity index (χ4v) is 4.40. The van der Waals surface area contributed by atoms with Gasteiger partial charge in [0.1, 0.15) is 10.9 Å². The molecule has 2 heterocycles. The van der Waals surface area contributed by atoms with Crippen molar-refractivity contribution in [2.75, 3.05) is 20.8 Å². The molecule has 1 aliphatic rings. The first-order valence-corrected chi connectivity index (χ1v) is 11.8. The van der Waals surface area contributed by atoms with Crippen LogP contribution < -0.4 is 14.2 Å². The third-order valence-electron chi connectivity index (χ3n) is 5.88. The number of halogens is 1. The van der Waals surface area contributed by atoms with Gasteiger partial charge in [-0.05, 0) is 43.3 Å². The number of benzene rings is 2. The second-order valence-electron chi connectivity index (χ2n) is 8.12. The average molecular weight is 512 g/mol. The predicted molar refractivity (Wildman–Crippen MR) is 135 cm³/mol. The summed E-state index contributed by atoms with van der Waals surface area (Å²) in [4.78, 5) is 28.7. The molecule has 4 rings (SSSR count). The Morgan fingerprint density at radius 1 is 1.08 bits per heavy atom. The molecule has 1 unspecified atom stereocenters. The summed E-state index contributed by atoms with van der Waals surface area (Å²) < 4.78 is 16.3. The van der Waals surface area contributed by atoms with Crippen molar-refractivity contribution < 1.29 is 28.9 Å². The van der Waals surface area contributed by atoms with E-state index in [9.17, 15) is 9.59 Å². The van der Waals surface area contributed by atoms with E-state index >= 15 is 0 Å². The van der Waals surface area contributed by atoms with Crippen LogP contribution in [0, 0.1) is 0 Å². The van der Waals surface area contributed by atoms with Gasteiger partial charge in [-0.15, -0.1) is 0 Å². The van der Waals surface area contributed by atoms with Gasteiger partial charge in [0.15, 0.2) is 11.5 Å². The minimum atomic E-state index is -1.06. The second kappa shape index (κ2) is 10.8. The molecule has 0 radical (unpaired) electrons. The van der Waals surface area contributed by atoms with Gasteiger partial charge in [-0.25, -0.2) is 9.99 Å². The molecule has 0 aliphatic carbocycles. The summed E-state index contributed by atoms with van der Waals surface area (Å²) >= 11 is 6.62. The lowest BCUT2D eigenvalue weighted by Gasteiger charge is -2.23. The Morgan fingerprint density at radius 2 is 1.86 bits per heavy atom. The number of rotatable bonds is 9. The average Bonchev–Trinajstić information content (AvgIpc) is 3.32. The van der Waals surface area contributed by atoms with Gasteiger partial charge >= 0.3 is 5.97 Å². The van der Waals surface area contributed by atoms with Crippen LogP contribution >= 0.6 is 11.6 Å². The lowest BCUT2D eigenvalue weighted by molar-refractivity contribution is -0.141. The Bertz CT molecular complexity index is 1340. The van der Waals surface area contributed by atoms with E-state index in [1.165, 1.54) is 5.01 Å². The van der Waals surface area contributed by atoms with E-state index in [4.69, 9.17) is 30.9 Å². The van der Waals surface area contributed by atoms with E-state index in [1.54, 1.807) is 26.4 Å². The molecule has 10 heteroatoms. The van der Waals surface area contributed by atoms with Gasteiger partial charge in [0.25, 0.3) is 0 Å². The Balaban J connectivity index is 1.73. The van der Waals surface area contributed by atoms with E-state index < -0.39 is 17.9 Å². The van der Waals surface area contributed by atoms with Crippen molar-refractivity contribution >= 4 is 40.1 Å². The summed E-state index contributed by atoms with van der Waals surface area (Å²) in [5.74, 6) is 0.311. The van der Waals surface area contributed by atoms with Gasteiger partial charge in [0.2, 0.25) is 5.91 Å². The zero-order valence-electron chi connectivity index (χ0n) is 20.2. The lowest BCUT2D eigenvalue weighted by Crippen LogP contribution is -2.27. The molecular weight excluding hydrogens is 486 g/mol. The first-order valence-electron chi connectivity index (χ1n) is 11.4. The van der Waals surface area contributed by atoms with Crippen LogP contribution in [0.2, 0.25) is 5.15 Å². The monoisotopic (exact) mass is 511 g/mol. The third-order valence-corrected chi connectivity index (χ3v) is 6.18. The normalized spacial score (nSPS) is 15.1. The van der Waals surface area contributed by atoms with Crippen molar-refractivity contribution in [1.82, 2.24) is 9.99 Å². The van der Waals surface area contributed by atoms with Crippen molar-refractivity contribution in [2.24, 2.45) is 5.10 Å². The van der Waals surface area contributed by atoms with E-state index in [1.807, 2.05) is 37.3 Å². The van der Waals surface area contributed by atoms with Crippen molar-refractivity contribution in [3.05, 3.63) is 58.7 Å². The van der Waals surface area contributed by atoms with Crippen LogP contribution in [-0.4, -0.2) is 53.5 Å². The van der Waals surface area contributed by atoms with Crippen LogP contribution in [0.15, 0.2) is 47.6 Å². The van der Waals surface area contributed by atoms with Gasteiger partial charge in [-0.2, -0.15) is 5.10 Å². The number of hydrogen-bond acceptors (Lipinski definition) is 7. The zero-order chi connectivity index (χ0) is 25.8. The maximum absolute atomic E-state index is 13.1. The van der Waals surface area contributed by atoms with E-state index in [2.05, 4.69) is 10.1 Å². The van der Waals surface area contributed by atoms with Crippen LogP contribution in [0.25, 0.3) is 10.9 Å². The molecule has 0 saturated heterocycles. The second-order valence-corrected chi connectivity index (χ2v) is 8.48. The highest BCUT2D eigenvalue weighted by Crippen LogP contribution is 2.39. The third kappa shape index (κ3) is 5.21. The number of amides is 1. The Kier molecular flexibility index (Phi) is 7.59. The molecule has 1 amide bonds. The molecule has 2 aromatic carbocycles. The number of methoxy groups -OCH3 is 2. The fraction of sp³-hybridized carbons (Fsp3) is 0.308. The molecule has 1 N–H and O–H groups in total.